The predicted molar refractivity (Wildman–Crippen MR) is 90.5 cm³/mol. The Labute approximate surface area is 147 Å². The Bertz CT molecular complexity index is 874. The van der Waals surface area contributed by atoms with Crippen LogP contribution in [0.3, 0.4) is 0 Å². The third kappa shape index (κ3) is 3.63. The molecular weight excluding hydrogens is 345 g/mol. The lowest BCUT2D eigenvalue weighted by Gasteiger charge is -2.09. The van der Waals surface area contributed by atoms with Crippen molar-refractivity contribution < 1.29 is 18.6 Å². The van der Waals surface area contributed by atoms with E-state index in [-0.39, 0.29) is 18.6 Å². The molecule has 0 saturated heterocycles. The van der Waals surface area contributed by atoms with Crippen molar-refractivity contribution >= 4 is 17.2 Å². The van der Waals surface area contributed by atoms with E-state index in [9.17, 15) is 4.39 Å². The highest BCUT2D eigenvalue weighted by atomic mass is 32.1. The summed E-state index contributed by atoms with van der Waals surface area (Å²) in [5, 5.41) is 4.91. The van der Waals surface area contributed by atoms with Crippen LogP contribution in [0.25, 0.3) is 0 Å². The molecule has 0 aliphatic carbocycles. The summed E-state index contributed by atoms with van der Waals surface area (Å²) in [5.74, 6) is 0.946. The summed E-state index contributed by atoms with van der Waals surface area (Å²) in [6.45, 7) is 0.956. The number of fused-ring (bicyclic) bond motifs is 1. The van der Waals surface area contributed by atoms with Crippen molar-refractivity contribution in [2.75, 3.05) is 12.1 Å². The van der Waals surface area contributed by atoms with Crippen LogP contribution in [0, 0.1) is 5.82 Å². The van der Waals surface area contributed by atoms with Gasteiger partial charge in [-0.3, -0.25) is 0 Å². The maximum Gasteiger partial charge on any atom is 0.318 e. The first kappa shape index (κ1) is 15.6. The zero-order valence-electron chi connectivity index (χ0n) is 13.1. The minimum absolute atomic E-state index is 0.0915. The molecular formula is C17H14FN3O3S. The van der Waals surface area contributed by atoms with Crippen molar-refractivity contribution in [2.45, 2.75) is 13.2 Å². The number of thiophene rings is 1. The predicted octanol–water partition coefficient (Wildman–Crippen LogP) is 3.60. The van der Waals surface area contributed by atoms with Gasteiger partial charge in [-0.2, -0.15) is 4.98 Å². The zero-order chi connectivity index (χ0) is 17.1. The smallest absolute Gasteiger partial charge is 0.318 e. The minimum atomic E-state index is -0.538. The van der Waals surface area contributed by atoms with Crippen LogP contribution in [0.15, 0.2) is 41.9 Å². The Morgan fingerprint density at radius 3 is 3.04 bits per heavy atom. The maximum atomic E-state index is 13.9. The quantitative estimate of drug-likeness (QED) is 0.725. The molecule has 3 heterocycles. The number of benzene rings is 1. The Hall–Kier alpha value is -2.87. The van der Waals surface area contributed by atoms with Crippen molar-refractivity contribution in [2.24, 2.45) is 0 Å². The number of hydrogen-bond donors (Lipinski definition) is 1. The summed E-state index contributed by atoms with van der Waals surface area (Å²) in [7, 11) is 0. The zero-order valence-corrected chi connectivity index (χ0v) is 13.9. The number of rotatable bonds is 6. The lowest BCUT2D eigenvalue weighted by atomic mass is 10.2. The van der Waals surface area contributed by atoms with E-state index in [1.165, 1.54) is 0 Å². The highest BCUT2D eigenvalue weighted by Gasteiger charge is 2.14. The number of nitrogens with zero attached hydrogens (tertiary/aromatic N) is 2. The van der Waals surface area contributed by atoms with Crippen molar-refractivity contribution in [3.8, 4) is 17.5 Å². The van der Waals surface area contributed by atoms with Gasteiger partial charge in [0.25, 0.3) is 0 Å². The second kappa shape index (κ2) is 6.94. The second-order valence-electron chi connectivity index (χ2n) is 5.26. The molecule has 1 N–H and O–H groups in total. The first-order valence-electron chi connectivity index (χ1n) is 7.58. The van der Waals surface area contributed by atoms with Crippen LogP contribution < -0.4 is 19.5 Å². The van der Waals surface area contributed by atoms with E-state index in [0.717, 1.165) is 16.6 Å². The fourth-order valence-corrected chi connectivity index (χ4v) is 2.93. The lowest BCUT2D eigenvalue weighted by Crippen LogP contribution is -2.06. The highest BCUT2D eigenvalue weighted by Crippen LogP contribution is 2.32. The van der Waals surface area contributed by atoms with E-state index < -0.39 is 5.82 Å². The van der Waals surface area contributed by atoms with Crippen LogP contribution in [-0.2, 0) is 13.2 Å². The van der Waals surface area contributed by atoms with Crippen LogP contribution in [0.2, 0.25) is 0 Å². The molecule has 0 spiro atoms. The lowest BCUT2D eigenvalue weighted by molar-refractivity contribution is 0.174. The fourth-order valence-electron chi connectivity index (χ4n) is 2.31. The first-order chi connectivity index (χ1) is 12.3. The highest BCUT2D eigenvalue weighted by molar-refractivity contribution is 7.09. The van der Waals surface area contributed by atoms with Gasteiger partial charge in [0.1, 0.15) is 6.61 Å². The molecule has 4 rings (SSSR count). The van der Waals surface area contributed by atoms with Gasteiger partial charge in [0.2, 0.25) is 6.79 Å². The molecule has 0 saturated carbocycles. The molecule has 3 aromatic rings. The number of aromatic nitrogens is 2. The van der Waals surface area contributed by atoms with Gasteiger partial charge < -0.3 is 19.5 Å². The van der Waals surface area contributed by atoms with Crippen LogP contribution >= 0.6 is 11.3 Å². The monoisotopic (exact) mass is 359 g/mol. The molecule has 1 aromatic carbocycles. The van der Waals surface area contributed by atoms with Crippen LogP contribution in [-0.4, -0.2) is 16.8 Å². The average molecular weight is 359 g/mol. The van der Waals surface area contributed by atoms with Crippen LogP contribution in [0.1, 0.15) is 10.4 Å². The molecule has 2 aromatic heterocycles. The molecule has 0 radical (unpaired) electrons. The second-order valence-corrected chi connectivity index (χ2v) is 6.29. The van der Waals surface area contributed by atoms with E-state index in [2.05, 4.69) is 15.3 Å². The Kier molecular flexibility index (Phi) is 4.34. The summed E-state index contributed by atoms with van der Waals surface area (Å²) in [5.41, 5.74) is 0.920. The van der Waals surface area contributed by atoms with Gasteiger partial charge in [-0.25, -0.2) is 9.37 Å². The summed E-state index contributed by atoms with van der Waals surface area (Å²) in [6, 6.07) is 9.57. The van der Waals surface area contributed by atoms with E-state index in [0.29, 0.717) is 24.7 Å². The Morgan fingerprint density at radius 1 is 1.24 bits per heavy atom. The summed E-state index contributed by atoms with van der Waals surface area (Å²) in [6.07, 6.45) is 1.10. The van der Waals surface area contributed by atoms with E-state index in [4.69, 9.17) is 14.2 Å². The number of nitrogens with one attached hydrogen (secondary N) is 1. The molecule has 8 heteroatoms. The van der Waals surface area contributed by atoms with Gasteiger partial charge in [0, 0.05) is 11.4 Å². The SMILES string of the molecule is Fc1cnc(OCc2cccs2)nc1NCc1ccc2c(c1)OCO2. The van der Waals surface area contributed by atoms with Gasteiger partial charge in [-0.15, -0.1) is 11.3 Å². The molecule has 6 nitrogen and oxygen atoms in total. The third-order valence-electron chi connectivity index (χ3n) is 3.54. The van der Waals surface area contributed by atoms with Gasteiger partial charge in [0.15, 0.2) is 23.1 Å². The van der Waals surface area contributed by atoms with Crippen molar-refractivity contribution in [1.82, 2.24) is 9.97 Å². The van der Waals surface area contributed by atoms with Crippen LogP contribution in [0.5, 0.6) is 17.5 Å². The fraction of sp³-hybridized carbons (Fsp3) is 0.176. The van der Waals surface area contributed by atoms with Crippen molar-refractivity contribution in [1.29, 1.82) is 0 Å². The van der Waals surface area contributed by atoms with Gasteiger partial charge in [-0.1, -0.05) is 12.1 Å². The summed E-state index contributed by atoms with van der Waals surface area (Å²) in [4.78, 5) is 8.99. The van der Waals surface area contributed by atoms with Crippen molar-refractivity contribution in [3.63, 3.8) is 0 Å². The number of halogens is 1. The van der Waals surface area contributed by atoms with Gasteiger partial charge >= 0.3 is 6.01 Å². The van der Waals surface area contributed by atoms with E-state index in [1.54, 1.807) is 11.3 Å². The topological polar surface area (TPSA) is 65.5 Å². The molecule has 0 fully saturated rings. The van der Waals surface area contributed by atoms with E-state index >= 15 is 0 Å². The molecule has 0 unspecified atom stereocenters. The summed E-state index contributed by atoms with van der Waals surface area (Å²) < 4.78 is 30.0. The minimum Gasteiger partial charge on any atom is -0.458 e. The molecule has 0 bridgehead atoms. The average Bonchev–Trinajstić information content (AvgIpc) is 3.31. The van der Waals surface area contributed by atoms with E-state index in [1.807, 2.05) is 35.7 Å². The normalized spacial score (nSPS) is 12.2. The molecule has 25 heavy (non-hydrogen) atoms. The molecule has 0 amide bonds. The first-order valence-corrected chi connectivity index (χ1v) is 8.46. The third-order valence-corrected chi connectivity index (χ3v) is 4.39. The Morgan fingerprint density at radius 2 is 2.16 bits per heavy atom. The molecule has 1 aliphatic heterocycles. The summed E-state index contributed by atoms with van der Waals surface area (Å²) >= 11 is 1.57. The maximum absolute atomic E-state index is 13.9. The number of anilines is 1. The molecule has 128 valence electrons. The molecule has 0 atom stereocenters. The number of hydrogen-bond acceptors (Lipinski definition) is 7. The van der Waals surface area contributed by atoms with Crippen LogP contribution in [0.4, 0.5) is 10.2 Å². The van der Waals surface area contributed by atoms with Crippen molar-refractivity contribution in [3.05, 3.63) is 58.2 Å². The number of ether oxygens (including phenoxy) is 3. The van der Waals surface area contributed by atoms with Gasteiger partial charge in [-0.05, 0) is 29.1 Å². The largest absolute Gasteiger partial charge is 0.458 e. The standard InChI is InChI=1S/C17H14FN3O3S/c18-13-8-20-17(22-9-12-2-1-5-25-12)21-16(13)19-7-11-3-4-14-15(6-11)24-10-23-14/h1-6,8H,7,9-10H2,(H,19,20,21). The van der Waals surface area contributed by atoms with Gasteiger partial charge in [0.05, 0.1) is 6.20 Å². The Balaban J connectivity index is 1.42. The molecule has 1 aliphatic rings.